The Kier molecular flexibility index (Phi) is 8.42. The van der Waals surface area contributed by atoms with E-state index in [2.05, 4.69) is 5.32 Å². The van der Waals surface area contributed by atoms with Crippen LogP contribution in [-0.4, -0.2) is 34.6 Å². The monoisotopic (exact) mass is 485 g/mol. The maximum atomic E-state index is 13.3. The first-order chi connectivity index (χ1) is 16.3. The van der Waals surface area contributed by atoms with Crippen molar-refractivity contribution in [2.75, 3.05) is 6.54 Å². The topological polar surface area (TPSA) is 134 Å². The van der Waals surface area contributed by atoms with E-state index < -0.39 is 23.7 Å². The summed E-state index contributed by atoms with van der Waals surface area (Å²) in [5, 5.41) is 14.8. The summed E-state index contributed by atoms with van der Waals surface area (Å²) in [7, 11) is 0. The lowest BCUT2D eigenvalue weighted by atomic mass is 9.99. The van der Waals surface area contributed by atoms with Crippen molar-refractivity contribution in [1.29, 1.82) is 0 Å². The number of halogens is 2. The number of hydrogen-bond donors (Lipinski definition) is 5. The van der Waals surface area contributed by atoms with Gasteiger partial charge in [-0.25, -0.2) is 15.7 Å². The summed E-state index contributed by atoms with van der Waals surface area (Å²) in [5.74, 6) is 4.46. The van der Waals surface area contributed by atoms with Crippen LogP contribution in [0.4, 0.5) is 4.39 Å². The lowest BCUT2D eigenvalue weighted by molar-refractivity contribution is -0.130. The molecule has 3 aromatic rings. The van der Waals surface area contributed by atoms with Crippen molar-refractivity contribution in [3.8, 4) is 0 Å². The molecular weight excluding hydrogens is 461 g/mol. The van der Waals surface area contributed by atoms with Gasteiger partial charge in [0, 0.05) is 17.5 Å². The zero-order chi connectivity index (χ0) is 24.7. The van der Waals surface area contributed by atoms with Crippen LogP contribution in [0.3, 0.4) is 0 Å². The number of nitrogens with one attached hydrogen (secondary N) is 2. The molecule has 0 aromatic heterocycles. The number of fused-ring (bicyclic) bond motifs is 1. The minimum Gasteiger partial charge on any atom is -0.399 e. The molecule has 0 aliphatic heterocycles. The standard InChI is InChI=1S/C24H25ClFN5O3/c25-21-11-18(7-8-22(21)26)24(33)29-13-19(27)14-31(28)20(12-23(32)30-34)10-15-5-6-16-3-1-2-4-17(16)9-15/h1-9,11,14,20,34H,10,12-13,27-28H2,(H,29,33)(H,30,32)/b19-14-. The first kappa shape index (κ1) is 25.0. The van der Waals surface area contributed by atoms with Crippen molar-refractivity contribution >= 4 is 34.2 Å². The van der Waals surface area contributed by atoms with Gasteiger partial charge in [0.05, 0.1) is 24.0 Å². The van der Waals surface area contributed by atoms with Crippen LogP contribution < -0.4 is 22.4 Å². The van der Waals surface area contributed by atoms with E-state index >= 15 is 0 Å². The molecule has 0 heterocycles. The van der Waals surface area contributed by atoms with Crippen molar-refractivity contribution in [2.45, 2.75) is 18.9 Å². The van der Waals surface area contributed by atoms with E-state index in [1.807, 2.05) is 42.5 Å². The van der Waals surface area contributed by atoms with Gasteiger partial charge in [-0.15, -0.1) is 0 Å². The molecule has 0 spiro atoms. The number of carbonyl (C=O) groups is 2. The van der Waals surface area contributed by atoms with Crippen LogP contribution in [0.15, 0.2) is 72.6 Å². The highest BCUT2D eigenvalue weighted by Gasteiger charge is 2.19. The second kappa shape index (κ2) is 11.5. The fourth-order valence-electron chi connectivity index (χ4n) is 3.44. The first-order valence-electron chi connectivity index (χ1n) is 10.4. The van der Waals surface area contributed by atoms with Gasteiger partial charge in [0.15, 0.2) is 0 Å². The van der Waals surface area contributed by atoms with Crippen molar-refractivity contribution in [3.05, 3.63) is 94.5 Å². The largest absolute Gasteiger partial charge is 0.399 e. The first-order valence-corrected chi connectivity index (χ1v) is 10.8. The van der Waals surface area contributed by atoms with Gasteiger partial charge in [0.25, 0.3) is 5.91 Å². The highest BCUT2D eigenvalue weighted by molar-refractivity contribution is 6.31. The average molecular weight is 486 g/mol. The molecule has 1 atom stereocenters. The molecule has 10 heteroatoms. The molecule has 178 valence electrons. The molecule has 3 rings (SSSR count). The summed E-state index contributed by atoms with van der Waals surface area (Å²) in [6.45, 7) is -0.0452. The molecule has 3 aromatic carbocycles. The van der Waals surface area contributed by atoms with Crippen LogP contribution >= 0.6 is 11.6 Å². The fourth-order valence-corrected chi connectivity index (χ4v) is 3.63. The molecule has 0 radical (unpaired) electrons. The van der Waals surface area contributed by atoms with E-state index in [1.165, 1.54) is 23.3 Å². The Bertz CT molecular complexity index is 1220. The summed E-state index contributed by atoms with van der Waals surface area (Å²) >= 11 is 5.71. The maximum absolute atomic E-state index is 13.3. The molecule has 1 unspecified atom stereocenters. The third kappa shape index (κ3) is 6.67. The normalized spacial score (nSPS) is 12.3. The minimum absolute atomic E-state index is 0.0452. The molecule has 0 fully saturated rings. The predicted molar refractivity (Wildman–Crippen MR) is 128 cm³/mol. The minimum atomic E-state index is -0.624. The summed E-state index contributed by atoms with van der Waals surface area (Å²) in [5.41, 5.74) is 8.97. The van der Waals surface area contributed by atoms with Crippen LogP contribution in [0, 0.1) is 5.82 Å². The molecule has 0 aliphatic rings. The number of benzene rings is 3. The van der Waals surface area contributed by atoms with Gasteiger partial charge < -0.3 is 16.1 Å². The number of hydrazine groups is 1. The Morgan fingerprint density at radius 1 is 1.12 bits per heavy atom. The molecule has 0 bridgehead atoms. The number of hydroxylamine groups is 1. The van der Waals surface area contributed by atoms with Crippen molar-refractivity contribution in [3.63, 3.8) is 0 Å². The van der Waals surface area contributed by atoms with Crippen LogP contribution in [0.1, 0.15) is 22.3 Å². The fraction of sp³-hybridized carbons (Fsp3) is 0.167. The quantitative estimate of drug-likeness (QED) is 0.180. The zero-order valence-electron chi connectivity index (χ0n) is 18.2. The molecular formula is C24H25ClFN5O3. The Labute approximate surface area is 200 Å². The van der Waals surface area contributed by atoms with Crippen molar-refractivity contribution < 1.29 is 19.2 Å². The summed E-state index contributed by atoms with van der Waals surface area (Å²) < 4.78 is 13.3. The third-order valence-electron chi connectivity index (χ3n) is 5.20. The summed E-state index contributed by atoms with van der Waals surface area (Å²) in [4.78, 5) is 24.1. The highest BCUT2D eigenvalue weighted by Crippen LogP contribution is 2.19. The molecule has 0 saturated heterocycles. The number of rotatable bonds is 9. The maximum Gasteiger partial charge on any atom is 0.251 e. The summed E-state index contributed by atoms with van der Waals surface area (Å²) in [6.07, 6.45) is 1.72. The van der Waals surface area contributed by atoms with Gasteiger partial charge >= 0.3 is 0 Å². The van der Waals surface area contributed by atoms with E-state index in [4.69, 9.17) is 28.4 Å². The van der Waals surface area contributed by atoms with Gasteiger partial charge in [0.2, 0.25) is 5.91 Å². The predicted octanol–water partition coefficient (Wildman–Crippen LogP) is 2.84. The lowest BCUT2D eigenvalue weighted by Crippen LogP contribution is -2.42. The molecule has 7 N–H and O–H groups in total. The Morgan fingerprint density at radius 3 is 2.56 bits per heavy atom. The van der Waals surface area contributed by atoms with Gasteiger partial charge in [-0.3, -0.25) is 14.8 Å². The van der Waals surface area contributed by atoms with Crippen LogP contribution in [0.25, 0.3) is 10.8 Å². The number of nitrogens with two attached hydrogens (primary N) is 2. The van der Waals surface area contributed by atoms with Crippen LogP contribution in [0.5, 0.6) is 0 Å². The number of hydrogen-bond acceptors (Lipinski definition) is 6. The van der Waals surface area contributed by atoms with E-state index in [1.54, 1.807) is 5.48 Å². The number of carbonyl (C=O) groups excluding carboxylic acids is 2. The van der Waals surface area contributed by atoms with E-state index in [0.29, 0.717) is 6.42 Å². The van der Waals surface area contributed by atoms with Gasteiger partial charge in [-0.05, 0) is 41.0 Å². The number of amides is 2. The molecule has 2 amide bonds. The Hall–Kier alpha value is -3.66. The number of nitrogens with zero attached hydrogens (tertiary/aromatic N) is 1. The molecule has 8 nitrogen and oxygen atoms in total. The summed E-state index contributed by atoms with van der Waals surface area (Å²) in [6, 6.07) is 16.9. The molecule has 34 heavy (non-hydrogen) atoms. The Morgan fingerprint density at radius 2 is 1.85 bits per heavy atom. The Balaban J connectivity index is 1.68. The van der Waals surface area contributed by atoms with E-state index in [9.17, 15) is 14.0 Å². The van der Waals surface area contributed by atoms with Crippen LogP contribution in [-0.2, 0) is 11.2 Å². The molecule has 0 saturated carbocycles. The highest BCUT2D eigenvalue weighted by atomic mass is 35.5. The van der Waals surface area contributed by atoms with E-state index in [0.717, 1.165) is 22.4 Å². The second-order valence-electron chi connectivity index (χ2n) is 7.74. The van der Waals surface area contributed by atoms with Gasteiger partial charge in [-0.2, -0.15) is 0 Å². The van der Waals surface area contributed by atoms with Crippen LogP contribution in [0.2, 0.25) is 5.02 Å². The van der Waals surface area contributed by atoms with Gasteiger partial charge in [-0.1, -0.05) is 54.1 Å². The SMILES string of the molecule is N/C(=C\N(N)C(CC(=O)NO)Cc1ccc2ccccc2c1)CNC(=O)c1ccc(F)c(Cl)c1. The second-order valence-corrected chi connectivity index (χ2v) is 8.15. The zero-order valence-corrected chi connectivity index (χ0v) is 18.9. The van der Waals surface area contributed by atoms with Gasteiger partial charge in [0.1, 0.15) is 5.82 Å². The average Bonchev–Trinajstić information content (AvgIpc) is 2.83. The van der Waals surface area contributed by atoms with E-state index in [-0.39, 0.29) is 29.2 Å². The third-order valence-corrected chi connectivity index (χ3v) is 5.49. The smallest absolute Gasteiger partial charge is 0.251 e. The van der Waals surface area contributed by atoms with Crippen molar-refractivity contribution in [1.82, 2.24) is 15.8 Å². The van der Waals surface area contributed by atoms with Crippen molar-refractivity contribution in [2.24, 2.45) is 11.6 Å². The lowest BCUT2D eigenvalue weighted by Gasteiger charge is -2.26. The molecule has 0 aliphatic carbocycles.